The van der Waals surface area contributed by atoms with Gasteiger partial charge in [0.1, 0.15) is 9.71 Å². The summed E-state index contributed by atoms with van der Waals surface area (Å²) in [6.07, 6.45) is 3.40. The van der Waals surface area contributed by atoms with Crippen molar-refractivity contribution in [3.8, 4) is 0 Å². The Labute approximate surface area is 128 Å². The Kier molecular flexibility index (Phi) is 5.14. The van der Waals surface area contributed by atoms with E-state index in [9.17, 15) is 9.90 Å². The monoisotopic (exact) mass is 307 g/mol. The van der Waals surface area contributed by atoms with E-state index in [0.29, 0.717) is 17.1 Å². The summed E-state index contributed by atoms with van der Waals surface area (Å²) in [6, 6.07) is 3.80. The third-order valence-electron chi connectivity index (χ3n) is 3.68. The number of pyridine rings is 1. The summed E-state index contributed by atoms with van der Waals surface area (Å²) in [5.41, 5.74) is 6.61. The van der Waals surface area contributed by atoms with Gasteiger partial charge in [-0.05, 0) is 25.0 Å². The van der Waals surface area contributed by atoms with E-state index >= 15 is 0 Å². The van der Waals surface area contributed by atoms with Crippen molar-refractivity contribution in [3.63, 3.8) is 0 Å². The molecule has 0 unspecified atom stereocenters. The highest BCUT2D eigenvalue weighted by Gasteiger charge is 2.26. The molecule has 3 N–H and O–H groups in total. The van der Waals surface area contributed by atoms with Gasteiger partial charge in [0.05, 0.1) is 12.3 Å². The lowest BCUT2D eigenvalue weighted by molar-refractivity contribution is 0.0628. The Morgan fingerprint density at radius 2 is 2.19 bits per heavy atom. The summed E-state index contributed by atoms with van der Waals surface area (Å²) in [5, 5.41) is 10.1. The summed E-state index contributed by atoms with van der Waals surface area (Å²) in [5.74, 6) is -0.113. The Morgan fingerprint density at radius 1 is 1.48 bits per heavy atom. The molecular weight excluding hydrogens is 286 g/mol. The summed E-state index contributed by atoms with van der Waals surface area (Å²) >= 11 is 1.32. The van der Waals surface area contributed by atoms with Crippen molar-refractivity contribution in [2.45, 2.75) is 32.7 Å². The number of carbonyl (C=O) groups is 1. The van der Waals surface area contributed by atoms with Crippen LogP contribution in [0.1, 0.15) is 36.4 Å². The zero-order chi connectivity index (χ0) is 15.4. The van der Waals surface area contributed by atoms with E-state index in [1.54, 1.807) is 11.1 Å². The maximum absolute atomic E-state index is 12.8. The van der Waals surface area contributed by atoms with Crippen molar-refractivity contribution in [2.75, 3.05) is 18.9 Å². The summed E-state index contributed by atoms with van der Waals surface area (Å²) < 4.78 is 0. The van der Waals surface area contributed by atoms with E-state index in [2.05, 4.69) is 4.98 Å². The average molecular weight is 307 g/mol. The smallest absolute Gasteiger partial charge is 0.266 e. The third kappa shape index (κ3) is 3.01. The van der Waals surface area contributed by atoms with Gasteiger partial charge < -0.3 is 15.7 Å². The van der Waals surface area contributed by atoms with Crippen LogP contribution in [-0.4, -0.2) is 40.1 Å². The van der Waals surface area contributed by atoms with Crippen LogP contribution in [0.25, 0.3) is 10.2 Å². The minimum atomic E-state index is -0.113. The number of nitrogens with two attached hydrogens (primary N) is 1. The molecule has 2 aromatic heterocycles. The lowest BCUT2D eigenvalue weighted by Gasteiger charge is -2.29. The standard InChI is InChI=1S/C15H21N3O2S/c1-3-10(4-2)18(8-9-19)15(20)13-12(16)11-6-5-7-17-14(11)21-13/h5-7,10,19H,3-4,8-9,16H2,1-2H3. The molecule has 0 saturated heterocycles. The Hall–Kier alpha value is -1.66. The largest absolute Gasteiger partial charge is 0.397 e. The number of hydrogen-bond acceptors (Lipinski definition) is 5. The number of nitrogens with zero attached hydrogens (tertiary/aromatic N) is 2. The van der Waals surface area contributed by atoms with Crippen LogP contribution in [-0.2, 0) is 0 Å². The van der Waals surface area contributed by atoms with Crippen molar-refractivity contribution < 1.29 is 9.90 Å². The number of thiophene rings is 1. The Morgan fingerprint density at radius 3 is 2.76 bits per heavy atom. The molecular formula is C15H21N3O2S. The van der Waals surface area contributed by atoms with Crippen molar-refractivity contribution in [3.05, 3.63) is 23.2 Å². The van der Waals surface area contributed by atoms with Crippen molar-refractivity contribution in [1.82, 2.24) is 9.88 Å². The first-order chi connectivity index (χ1) is 10.1. The molecule has 0 atom stereocenters. The molecule has 114 valence electrons. The number of fused-ring (bicyclic) bond motifs is 1. The number of aliphatic hydroxyl groups is 1. The fraction of sp³-hybridized carbons (Fsp3) is 0.467. The number of aliphatic hydroxyl groups excluding tert-OH is 1. The van der Waals surface area contributed by atoms with Gasteiger partial charge in [0.2, 0.25) is 0 Å². The van der Waals surface area contributed by atoms with Gasteiger partial charge in [-0.15, -0.1) is 11.3 Å². The topological polar surface area (TPSA) is 79.5 Å². The third-order valence-corrected chi connectivity index (χ3v) is 4.80. The van der Waals surface area contributed by atoms with E-state index in [1.807, 2.05) is 26.0 Å². The first-order valence-corrected chi connectivity index (χ1v) is 8.00. The molecule has 0 aromatic carbocycles. The first kappa shape index (κ1) is 15.7. The average Bonchev–Trinajstić information content (AvgIpc) is 2.84. The fourth-order valence-electron chi connectivity index (χ4n) is 2.53. The zero-order valence-electron chi connectivity index (χ0n) is 12.4. The van der Waals surface area contributed by atoms with Crippen LogP contribution in [0.15, 0.2) is 18.3 Å². The van der Waals surface area contributed by atoms with E-state index < -0.39 is 0 Å². The van der Waals surface area contributed by atoms with Gasteiger partial charge in [0, 0.05) is 24.2 Å². The van der Waals surface area contributed by atoms with Crippen LogP contribution < -0.4 is 5.73 Å². The van der Waals surface area contributed by atoms with Gasteiger partial charge in [0.25, 0.3) is 5.91 Å². The first-order valence-electron chi connectivity index (χ1n) is 7.18. The van der Waals surface area contributed by atoms with Crippen LogP contribution >= 0.6 is 11.3 Å². The van der Waals surface area contributed by atoms with Crippen LogP contribution in [0.3, 0.4) is 0 Å². The van der Waals surface area contributed by atoms with E-state index in [0.717, 1.165) is 23.1 Å². The van der Waals surface area contributed by atoms with E-state index in [4.69, 9.17) is 5.73 Å². The second-order valence-electron chi connectivity index (χ2n) is 4.89. The molecule has 2 aromatic rings. The number of carbonyl (C=O) groups excluding carboxylic acids is 1. The molecule has 0 radical (unpaired) electrons. The van der Waals surface area contributed by atoms with Gasteiger partial charge in [0.15, 0.2) is 0 Å². The molecule has 0 aliphatic carbocycles. The summed E-state index contributed by atoms with van der Waals surface area (Å²) in [7, 11) is 0. The molecule has 0 saturated carbocycles. The number of rotatable bonds is 6. The quantitative estimate of drug-likeness (QED) is 0.859. The summed E-state index contributed by atoms with van der Waals surface area (Å²) in [4.78, 5) is 20.1. The normalized spacial score (nSPS) is 11.2. The molecule has 2 rings (SSSR count). The molecule has 5 nitrogen and oxygen atoms in total. The number of nitrogen functional groups attached to an aromatic ring is 1. The molecule has 0 fully saturated rings. The van der Waals surface area contributed by atoms with Crippen LogP contribution in [0.5, 0.6) is 0 Å². The van der Waals surface area contributed by atoms with Crippen LogP contribution in [0.2, 0.25) is 0 Å². The SMILES string of the molecule is CCC(CC)N(CCO)C(=O)c1sc2ncccc2c1N. The molecule has 1 amide bonds. The molecule has 21 heavy (non-hydrogen) atoms. The number of amides is 1. The number of hydrogen-bond donors (Lipinski definition) is 2. The fourth-order valence-corrected chi connectivity index (χ4v) is 3.55. The predicted molar refractivity (Wildman–Crippen MR) is 86.5 cm³/mol. The van der Waals surface area contributed by atoms with Crippen molar-refractivity contribution in [2.24, 2.45) is 0 Å². The van der Waals surface area contributed by atoms with E-state index in [1.165, 1.54) is 11.3 Å². The van der Waals surface area contributed by atoms with Gasteiger partial charge in [-0.2, -0.15) is 0 Å². The highest BCUT2D eigenvalue weighted by molar-refractivity contribution is 7.21. The molecule has 6 heteroatoms. The second kappa shape index (κ2) is 6.87. The minimum absolute atomic E-state index is 0.0503. The highest BCUT2D eigenvalue weighted by Crippen LogP contribution is 2.33. The van der Waals surface area contributed by atoms with Gasteiger partial charge in [-0.25, -0.2) is 4.98 Å². The molecule has 0 aliphatic rings. The maximum atomic E-state index is 12.8. The lowest BCUT2D eigenvalue weighted by Crippen LogP contribution is -2.41. The molecule has 0 aliphatic heterocycles. The van der Waals surface area contributed by atoms with Crippen molar-refractivity contribution in [1.29, 1.82) is 0 Å². The van der Waals surface area contributed by atoms with Gasteiger partial charge >= 0.3 is 0 Å². The molecule has 2 heterocycles. The Bertz CT molecular complexity index is 622. The molecule has 0 spiro atoms. The number of anilines is 1. The zero-order valence-corrected chi connectivity index (χ0v) is 13.2. The summed E-state index contributed by atoms with van der Waals surface area (Å²) in [6.45, 7) is 4.36. The lowest BCUT2D eigenvalue weighted by atomic mass is 10.1. The highest BCUT2D eigenvalue weighted by atomic mass is 32.1. The molecule has 0 bridgehead atoms. The maximum Gasteiger partial charge on any atom is 0.266 e. The number of aromatic nitrogens is 1. The minimum Gasteiger partial charge on any atom is -0.397 e. The Balaban J connectivity index is 2.40. The second-order valence-corrected chi connectivity index (χ2v) is 5.89. The predicted octanol–water partition coefficient (Wildman–Crippen LogP) is 2.50. The van der Waals surface area contributed by atoms with Gasteiger partial charge in [-0.3, -0.25) is 4.79 Å². The van der Waals surface area contributed by atoms with Gasteiger partial charge in [-0.1, -0.05) is 13.8 Å². The van der Waals surface area contributed by atoms with E-state index in [-0.39, 0.29) is 18.6 Å². The van der Waals surface area contributed by atoms with Crippen LogP contribution in [0.4, 0.5) is 5.69 Å². The van der Waals surface area contributed by atoms with Crippen LogP contribution in [0, 0.1) is 0 Å². The van der Waals surface area contributed by atoms with Crippen molar-refractivity contribution >= 4 is 33.1 Å².